The Kier molecular flexibility index (Phi) is 3.90. The van der Waals surface area contributed by atoms with Gasteiger partial charge in [0, 0.05) is 24.2 Å². The topological polar surface area (TPSA) is 42.9 Å². The third kappa shape index (κ3) is 2.44. The Morgan fingerprint density at radius 3 is 1.79 bits per heavy atom. The van der Waals surface area contributed by atoms with E-state index in [1.807, 2.05) is 38.1 Å². The lowest BCUT2D eigenvalue weighted by Crippen LogP contribution is -2.16. The number of hydrogen-bond donors (Lipinski definition) is 0. The average Bonchev–Trinajstić information content (AvgIpc) is 3.24. The highest BCUT2D eigenvalue weighted by Gasteiger charge is 2.27. The highest BCUT2D eigenvalue weighted by atomic mass is 32.1. The van der Waals surface area contributed by atoms with E-state index >= 15 is 0 Å². The van der Waals surface area contributed by atoms with Gasteiger partial charge in [0.1, 0.15) is 5.78 Å². The molecule has 0 saturated heterocycles. The van der Waals surface area contributed by atoms with Gasteiger partial charge in [-0.25, -0.2) is 0 Å². The van der Waals surface area contributed by atoms with Gasteiger partial charge < -0.3 is 0 Å². The van der Waals surface area contributed by atoms with Gasteiger partial charge in [0.25, 0.3) is 0 Å². The Hall–Kier alpha value is -2.11. The molecule has 0 aliphatic carbocycles. The van der Waals surface area contributed by atoms with E-state index in [9.17, 15) is 4.79 Å². The molecule has 2 unspecified atom stereocenters. The monoisotopic (exact) mass is 352 g/mol. The van der Waals surface area contributed by atoms with Crippen LogP contribution in [0.3, 0.4) is 0 Å². The summed E-state index contributed by atoms with van der Waals surface area (Å²) >= 11 is 3.29. The number of ketones is 1. The molecule has 0 aliphatic rings. The van der Waals surface area contributed by atoms with Crippen LogP contribution in [0.15, 0.2) is 47.4 Å². The molecule has 0 amide bonds. The zero-order valence-corrected chi connectivity index (χ0v) is 15.0. The van der Waals surface area contributed by atoms with Gasteiger partial charge in [0.05, 0.1) is 20.4 Å². The summed E-state index contributed by atoms with van der Waals surface area (Å²) in [7, 11) is 0. The zero-order chi connectivity index (χ0) is 16.7. The van der Waals surface area contributed by atoms with Crippen LogP contribution in [0.2, 0.25) is 0 Å². The minimum Gasteiger partial charge on any atom is -0.298 e. The first kappa shape index (κ1) is 15.4. The van der Waals surface area contributed by atoms with E-state index < -0.39 is 0 Å². The smallest absolute Gasteiger partial charge is 0.147 e. The molecular weight excluding hydrogens is 336 g/mol. The molecule has 2 atom stereocenters. The van der Waals surface area contributed by atoms with Crippen LogP contribution in [-0.4, -0.2) is 15.8 Å². The van der Waals surface area contributed by atoms with Crippen LogP contribution in [0.1, 0.15) is 36.8 Å². The van der Waals surface area contributed by atoms with Crippen molar-refractivity contribution >= 4 is 48.9 Å². The van der Waals surface area contributed by atoms with Crippen LogP contribution in [-0.2, 0) is 4.79 Å². The van der Waals surface area contributed by atoms with Crippen molar-refractivity contribution in [3.8, 4) is 0 Å². The molecule has 0 bridgehead atoms. The average molecular weight is 352 g/mol. The summed E-state index contributed by atoms with van der Waals surface area (Å²) in [6.07, 6.45) is 3.57. The SMILES string of the molecule is CC(C(=O)C(C)c1csc2cccnc12)c1csc2cccnc12. The van der Waals surface area contributed by atoms with E-state index in [4.69, 9.17) is 0 Å². The number of hydrogen-bond acceptors (Lipinski definition) is 5. The molecule has 0 spiro atoms. The number of Topliss-reactive ketones (excluding diaryl/α,β-unsaturated/α-hetero) is 1. The molecule has 4 rings (SSSR count). The van der Waals surface area contributed by atoms with E-state index in [0.29, 0.717) is 0 Å². The van der Waals surface area contributed by atoms with Crippen LogP contribution >= 0.6 is 22.7 Å². The predicted octanol–water partition coefficient (Wildman–Crippen LogP) is 5.38. The zero-order valence-electron chi connectivity index (χ0n) is 13.4. The molecule has 0 aromatic carbocycles. The molecule has 5 heteroatoms. The maximum atomic E-state index is 13.1. The van der Waals surface area contributed by atoms with Gasteiger partial charge in [-0.05, 0) is 46.2 Å². The van der Waals surface area contributed by atoms with E-state index in [-0.39, 0.29) is 17.6 Å². The normalized spacial score (nSPS) is 14.1. The molecule has 24 heavy (non-hydrogen) atoms. The largest absolute Gasteiger partial charge is 0.298 e. The minimum atomic E-state index is -0.178. The summed E-state index contributed by atoms with van der Waals surface area (Å²) < 4.78 is 2.25. The highest BCUT2D eigenvalue weighted by molar-refractivity contribution is 7.17. The fraction of sp³-hybridized carbons (Fsp3) is 0.211. The first-order valence-electron chi connectivity index (χ1n) is 7.84. The van der Waals surface area contributed by atoms with Gasteiger partial charge in [-0.1, -0.05) is 13.8 Å². The summed E-state index contributed by atoms with van der Waals surface area (Å²) in [5.41, 5.74) is 3.95. The van der Waals surface area contributed by atoms with Crippen molar-refractivity contribution in [1.29, 1.82) is 0 Å². The van der Waals surface area contributed by atoms with E-state index in [1.54, 1.807) is 35.1 Å². The number of thiophene rings is 2. The molecule has 120 valence electrons. The van der Waals surface area contributed by atoms with Crippen LogP contribution in [0, 0.1) is 0 Å². The summed E-state index contributed by atoms with van der Waals surface area (Å²) in [4.78, 5) is 22.0. The number of carbonyl (C=O) groups excluding carboxylic acids is 1. The van der Waals surface area contributed by atoms with Crippen LogP contribution in [0.5, 0.6) is 0 Å². The lowest BCUT2D eigenvalue weighted by Gasteiger charge is -2.15. The Bertz CT molecular complexity index is 952. The Morgan fingerprint density at radius 2 is 1.33 bits per heavy atom. The summed E-state index contributed by atoms with van der Waals surface area (Å²) in [5.74, 6) is -0.143. The summed E-state index contributed by atoms with van der Waals surface area (Å²) in [6, 6.07) is 7.96. The Balaban J connectivity index is 1.70. The van der Waals surface area contributed by atoms with E-state index in [1.165, 1.54) is 0 Å². The number of nitrogens with zero attached hydrogens (tertiary/aromatic N) is 2. The Morgan fingerprint density at radius 1 is 0.875 bits per heavy atom. The lowest BCUT2D eigenvalue weighted by atomic mass is 9.87. The molecule has 4 aromatic rings. The second-order valence-corrected chi connectivity index (χ2v) is 7.75. The molecule has 0 fully saturated rings. The third-order valence-corrected chi connectivity index (χ3v) is 6.41. The lowest BCUT2D eigenvalue weighted by molar-refractivity contribution is -0.121. The molecule has 0 saturated carbocycles. The first-order valence-corrected chi connectivity index (χ1v) is 9.60. The number of carbonyl (C=O) groups is 1. The molecule has 4 heterocycles. The predicted molar refractivity (Wildman–Crippen MR) is 101 cm³/mol. The maximum absolute atomic E-state index is 13.1. The molecule has 0 radical (unpaired) electrons. The van der Waals surface area contributed by atoms with Gasteiger partial charge in [-0.15, -0.1) is 22.7 Å². The van der Waals surface area contributed by atoms with E-state index in [0.717, 1.165) is 31.6 Å². The van der Waals surface area contributed by atoms with Gasteiger partial charge in [0.15, 0.2) is 0 Å². The number of pyridine rings is 2. The molecule has 0 N–H and O–H groups in total. The fourth-order valence-electron chi connectivity index (χ4n) is 3.07. The van der Waals surface area contributed by atoms with Crippen molar-refractivity contribution in [2.24, 2.45) is 0 Å². The van der Waals surface area contributed by atoms with Crippen LogP contribution < -0.4 is 0 Å². The van der Waals surface area contributed by atoms with Crippen molar-refractivity contribution in [3.05, 3.63) is 58.5 Å². The number of aromatic nitrogens is 2. The van der Waals surface area contributed by atoms with Crippen LogP contribution in [0.4, 0.5) is 0 Å². The number of fused-ring (bicyclic) bond motifs is 2. The Labute approximate surface area is 148 Å². The number of rotatable bonds is 4. The van der Waals surface area contributed by atoms with Crippen LogP contribution in [0.25, 0.3) is 20.4 Å². The minimum absolute atomic E-state index is 0.178. The quantitative estimate of drug-likeness (QED) is 0.495. The molecular formula is C19H16N2OS2. The standard InChI is InChI=1S/C19H16N2OS2/c1-11(13-9-23-15-5-3-7-20-17(13)15)19(22)12(2)14-10-24-16-6-4-8-21-18(14)16/h3-12H,1-2H3. The van der Waals surface area contributed by atoms with Crippen molar-refractivity contribution in [2.45, 2.75) is 25.7 Å². The van der Waals surface area contributed by atoms with Gasteiger partial charge in [-0.2, -0.15) is 0 Å². The van der Waals surface area contributed by atoms with Gasteiger partial charge in [-0.3, -0.25) is 14.8 Å². The molecule has 3 nitrogen and oxygen atoms in total. The van der Waals surface area contributed by atoms with Gasteiger partial charge >= 0.3 is 0 Å². The van der Waals surface area contributed by atoms with Crippen molar-refractivity contribution in [2.75, 3.05) is 0 Å². The van der Waals surface area contributed by atoms with E-state index in [2.05, 4.69) is 20.7 Å². The highest BCUT2D eigenvalue weighted by Crippen LogP contribution is 2.36. The summed E-state index contributed by atoms with van der Waals surface area (Å²) in [6.45, 7) is 3.97. The second-order valence-electron chi connectivity index (χ2n) is 5.93. The summed E-state index contributed by atoms with van der Waals surface area (Å²) in [5, 5.41) is 4.13. The fourth-order valence-corrected chi connectivity index (χ4v) is 5.08. The molecule has 0 aliphatic heterocycles. The van der Waals surface area contributed by atoms with Crippen molar-refractivity contribution in [3.63, 3.8) is 0 Å². The third-order valence-electron chi connectivity index (χ3n) is 4.50. The second kappa shape index (κ2) is 6.07. The molecule has 4 aromatic heterocycles. The van der Waals surface area contributed by atoms with Gasteiger partial charge in [0.2, 0.25) is 0 Å². The van der Waals surface area contributed by atoms with Crippen molar-refractivity contribution in [1.82, 2.24) is 9.97 Å². The van der Waals surface area contributed by atoms with Crippen molar-refractivity contribution < 1.29 is 4.79 Å². The maximum Gasteiger partial charge on any atom is 0.147 e. The first-order chi connectivity index (χ1) is 11.7.